The van der Waals surface area contributed by atoms with Crippen LogP contribution in [0.1, 0.15) is 33.6 Å². The van der Waals surface area contributed by atoms with Gasteiger partial charge < -0.3 is 14.1 Å². The lowest BCUT2D eigenvalue weighted by Gasteiger charge is -2.18. The van der Waals surface area contributed by atoms with Crippen LogP contribution in [0, 0.1) is 5.82 Å². The molecule has 0 fully saturated rings. The van der Waals surface area contributed by atoms with Gasteiger partial charge in [-0.1, -0.05) is 49.1 Å². The fourth-order valence-corrected chi connectivity index (χ4v) is 6.79. The van der Waals surface area contributed by atoms with Crippen molar-refractivity contribution in [3.05, 3.63) is 131 Å². The van der Waals surface area contributed by atoms with Crippen molar-refractivity contribution in [2.45, 2.75) is 35.6 Å². The summed E-state index contributed by atoms with van der Waals surface area (Å²) in [6.07, 6.45) is 1.38. The van der Waals surface area contributed by atoms with Gasteiger partial charge in [0.05, 0.1) is 24.1 Å². The maximum Gasteiger partial charge on any atom is 0.416 e. The zero-order chi connectivity index (χ0) is 30.7. The molecule has 0 spiro atoms. The molecule has 0 amide bonds. The summed E-state index contributed by atoms with van der Waals surface area (Å²) in [7, 11) is -4.11. The molecule has 0 saturated carbocycles. The third kappa shape index (κ3) is 4.98. The van der Waals surface area contributed by atoms with E-state index in [0.717, 1.165) is 12.1 Å². The van der Waals surface area contributed by atoms with Crippen molar-refractivity contribution < 1.29 is 40.3 Å². The van der Waals surface area contributed by atoms with Crippen LogP contribution in [-0.2, 0) is 22.6 Å². The summed E-state index contributed by atoms with van der Waals surface area (Å²) in [4.78, 5) is 14.3. The number of aromatic nitrogens is 1. The minimum atomic E-state index is -4.73. The Hall–Kier alpha value is -4.48. The van der Waals surface area contributed by atoms with Gasteiger partial charge in [-0.3, -0.25) is 4.79 Å². The van der Waals surface area contributed by atoms with Gasteiger partial charge >= 0.3 is 6.18 Å². The van der Waals surface area contributed by atoms with Gasteiger partial charge in [0.2, 0.25) is 20.7 Å². The van der Waals surface area contributed by atoms with Gasteiger partial charge in [-0.05, 0) is 54.0 Å². The number of furan rings is 1. The van der Waals surface area contributed by atoms with Crippen LogP contribution >= 0.6 is 0 Å². The number of Topliss-reactive ketones (excluding diaryl/α,β-unsaturated/α-hetero) is 1. The van der Waals surface area contributed by atoms with Crippen molar-refractivity contribution in [1.82, 2.24) is 4.57 Å². The minimum absolute atomic E-state index is 0.0189. The van der Waals surface area contributed by atoms with Crippen LogP contribution in [0.15, 0.2) is 112 Å². The molecule has 2 heterocycles. The average molecular weight is 610 g/mol. The van der Waals surface area contributed by atoms with Gasteiger partial charge in [0.1, 0.15) is 17.2 Å². The maximum atomic E-state index is 14.9. The smallest absolute Gasteiger partial charge is 0.416 e. The Kier molecular flexibility index (Phi) is 6.89. The summed E-state index contributed by atoms with van der Waals surface area (Å²) in [5.41, 5.74) is -0.583. The fraction of sp³-hybridized carbons (Fsp3) is 0.156. The molecular formula is C32H23F4NO5S. The molecule has 2 aliphatic rings. The number of rotatable bonds is 7. The Labute approximate surface area is 243 Å². The van der Waals surface area contributed by atoms with Gasteiger partial charge in [0.15, 0.2) is 0 Å². The standard InChI is InChI=1S/C32H23F4NO5S/c1-18-7-2-4-9-21(30(18)38)28-22-15-20(32(34,35)36)12-13-25(22)37(17-19-8-3-5-10-24(19)33)29(28)31(39)23-16-26(23)43(40,41)27-11-6-14-42-27/h2-6,8-16,26,30,38H,1,7,17H2. The molecule has 6 nitrogen and oxygen atoms in total. The predicted octanol–water partition coefficient (Wildman–Crippen LogP) is 6.67. The van der Waals surface area contributed by atoms with Crippen molar-refractivity contribution in [3.8, 4) is 0 Å². The Morgan fingerprint density at radius 3 is 2.58 bits per heavy atom. The summed E-state index contributed by atoms with van der Waals surface area (Å²) in [5.74, 6) is -1.40. The number of ketones is 1. The first kappa shape index (κ1) is 28.6. The van der Waals surface area contributed by atoms with Crippen molar-refractivity contribution in [3.63, 3.8) is 0 Å². The number of sulfone groups is 1. The Balaban J connectivity index is 1.61. The van der Waals surface area contributed by atoms with Crippen molar-refractivity contribution >= 4 is 32.1 Å². The highest BCUT2D eigenvalue weighted by Crippen LogP contribution is 2.43. The van der Waals surface area contributed by atoms with E-state index in [-0.39, 0.29) is 56.9 Å². The number of fused-ring (bicyclic) bond motifs is 1. The number of halogens is 4. The van der Waals surface area contributed by atoms with Crippen molar-refractivity contribution in [1.29, 1.82) is 0 Å². The van der Waals surface area contributed by atoms with E-state index >= 15 is 0 Å². The number of hydrogen-bond donors (Lipinski definition) is 1. The van der Waals surface area contributed by atoms with Gasteiger partial charge in [-0.15, -0.1) is 0 Å². The van der Waals surface area contributed by atoms with Gasteiger partial charge in [-0.2, -0.15) is 13.2 Å². The molecule has 220 valence electrons. The number of allylic oxidation sites excluding steroid dienone is 3. The number of aliphatic hydroxyl groups excluding tert-OH is 1. The van der Waals surface area contributed by atoms with E-state index < -0.39 is 44.5 Å². The average Bonchev–Trinajstić information content (AvgIpc) is 3.52. The largest absolute Gasteiger partial charge is 0.453 e. The van der Waals surface area contributed by atoms with E-state index in [1.807, 2.05) is 0 Å². The number of carbonyl (C=O) groups excluding carboxylic acids is 1. The molecule has 2 atom stereocenters. The first-order valence-electron chi connectivity index (χ1n) is 13.1. The molecule has 0 aliphatic heterocycles. The highest BCUT2D eigenvalue weighted by Gasteiger charge is 2.46. The number of aliphatic hydroxyl groups is 1. The lowest BCUT2D eigenvalue weighted by atomic mass is 9.91. The molecule has 0 radical (unpaired) electrons. The van der Waals surface area contributed by atoms with Crippen molar-refractivity contribution in [2.75, 3.05) is 0 Å². The van der Waals surface area contributed by atoms with Gasteiger partial charge in [0.25, 0.3) is 0 Å². The molecule has 43 heavy (non-hydrogen) atoms. The van der Waals surface area contributed by atoms with Crippen LogP contribution in [0.25, 0.3) is 16.5 Å². The third-order valence-corrected chi connectivity index (χ3v) is 9.41. The second-order valence-electron chi connectivity index (χ2n) is 10.3. The molecule has 2 unspecified atom stereocenters. The normalized spacial score (nSPS) is 18.9. The highest BCUT2D eigenvalue weighted by atomic mass is 32.2. The monoisotopic (exact) mass is 609 g/mol. The van der Waals surface area contributed by atoms with Crippen LogP contribution in [-0.4, -0.2) is 35.2 Å². The highest BCUT2D eigenvalue weighted by molar-refractivity contribution is 7.92. The summed E-state index contributed by atoms with van der Waals surface area (Å²) in [6.45, 7) is 3.62. The molecule has 11 heteroatoms. The number of nitrogens with zero attached hydrogens (tertiary/aromatic N) is 1. The third-order valence-electron chi connectivity index (χ3n) is 7.55. The molecule has 0 bridgehead atoms. The van der Waals surface area contributed by atoms with E-state index in [9.17, 15) is 35.9 Å². The molecule has 2 aromatic heterocycles. The molecule has 4 aromatic rings. The predicted molar refractivity (Wildman–Crippen MR) is 151 cm³/mol. The molecule has 1 N–H and O–H groups in total. The van der Waals surface area contributed by atoms with Crippen LogP contribution in [0.2, 0.25) is 0 Å². The molecule has 2 aliphatic carbocycles. The van der Waals surface area contributed by atoms with E-state index in [4.69, 9.17) is 4.42 Å². The number of hydrogen-bond acceptors (Lipinski definition) is 5. The number of benzene rings is 2. The maximum absolute atomic E-state index is 14.9. The van der Waals surface area contributed by atoms with Crippen LogP contribution in [0.4, 0.5) is 17.6 Å². The van der Waals surface area contributed by atoms with E-state index in [2.05, 4.69) is 6.58 Å². The first-order valence-corrected chi connectivity index (χ1v) is 14.7. The zero-order valence-corrected chi connectivity index (χ0v) is 23.1. The molecule has 2 aromatic carbocycles. The topological polar surface area (TPSA) is 89.5 Å². The van der Waals surface area contributed by atoms with Crippen LogP contribution in [0.3, 0.4) is 0 Å². The van der Waals surface area contributed by atoms with Crippen LogP contribution in [0.5, 0.6) is 0 Å². The Bertz CT molecular complexity index is 2000. The summed E-state index contributed by atoms with van der Waals surface area (Å²) in [5, 5.41) is 9.55. The van der Waals surface area contributed by atoms with Gasteiger partial charge in [-0.25, -0.2) is 12.8 Å². The minimum Gasteiger partial charge on any atom is -0.453 e. The number of alkyl halides is 3. The molecular weight excluding hydrogens is 586 g/mol. The zero-order valence-electron chi connectivity index (χ0n) is 22.3. The van der Waals surface area contributed by atoms with E-state index in [1.165, 1.54) is 59.4 Å². The van der Waals surface area contributed by atoms with Gasteiger partial charge in [0, 0.05) is 27.6 Å². The summed E-state index contributed by atoms with van der Waals surface area (Å²) in [6, 6.07) is 11.3. The second kappa shape index (κ2) is 10.4. The van der Waals surface area contributed by atoms with E-state index in [0.29, 0.717) is 5.57 Å². The summed E-state index contributed by atoms with van der Waals surface area (Å²) < 4.78 is 89.3. The lowest BCUT2D eigenvalue weighted by molar-refractivity contribution is -0.137. The Morgan fingerprint density at radius 1 is 1.12 bits per heavy atom. The van der Waals surface area contributed by atoms with Crippen LogP contribution < -0.4 is 0 Å². The van der Waals surface area contributed by atoms with Crippen molar-refractivity contribution in [2.24, 2.45) is 0 Å². The molecule has 6 rings (SSSR count). The lowest BCUT2D eigenvalue weighted by Crippen LogP contribution is -2.19. The second-order valence-corrected chi connectivity index (χ2v) is 12.3. The van der Waals surface area contributed by atoms with E-state index in [1.54, 1.807) is 18.2 Å². The first-order chi connectivity index (χ1) is 20.4. The Morgan fingerprint density at radius 2 is 1.88 bits per heavy atom. The summed E-state index contributed by atoms with van der Waals surface area (Å²) >= 11 is 0. The molecule has 0 saturated heterocycles. The SMILES string of the molecule is C=C1CC=CC=C(c2c(C(=O)C3=CC3S(=O)(=O)c3ccco3)n(Cc3ccccc3F)c3ccc(C(F)(F)F)cc23)C1O. The quantitative estimate of drug-likeness (QED) is 0.144. The fourth-order valence-electron chi connectivity index (χ4n) is 5.32. The number of carbonyl (C=O) groups is 1.